The number of thiocarbonyl (C=S) groups is 1. The number of rotatable bonds is 7. The third kappa shape index (κ3) is 7.86. The van der Waals surface area contributed by atoms with Crippen LogP contribution in [-0.2, 0) is 14.3 Å². The first kappa shape index (κ1) is 22.9. The summed E-state index contributed by atoms with van der Waals surface area (Å²) in [6.07, 6.45) is 2.82. The molecule has 27 heavy (non-hydrogen) atoms. The zero-order valence-corrected chi connectivity index (χ0v) is 18.7. The molecule has 13 heteroatoms. The van der Waals surface area contributed by atoms with Gasteiger partial charge in [0, 0.05) is 12.4 Å². The highest BCUT2D eigenvalue weighted by Gasteiger charge is 2.40. The van der Waals surface area contributed by atoms with Crippen LogP contribution in [0.25, 0.3) is 0 Å². The Hall–Kier alpha value is -0.390. The monoisotopic (exact) mass is 491 g/mol. The zero-order chi connectivity index (χ0) is 20.0. The summed E-state index contributed by atoms with van der Waals surface area (Å²) >= 11 is 24.7. The van der Waals surface area contributed by atoms with E-state index in [0.717, 1.165) is 5.82 Å². The number of hydrogen-bond acceptors (Lipinski definition) is 8. The minimum atomic E-state index is -1.70. The third-order valence-electron chi connectivity index (χ3n) is 3.39. The quantitative estimate of drug-likeness (QED) is 0.253. The average molecular weight is 493 g/mol. The summed E-state index contributed by atoms with van der Waals surface area (Å²) in [7, 11) is 0. The standard InChI is InChI=1S/C14H16Cl3N3O4S3/c1-7(9-18-3-4-19-9)26-13(25)27-11-8(10(21)20-11)2-5-23-12(22)24-6-14(15,16)17/h3-4,7-8,11H,2,5-6H2,1H3,(H,18,19)(H,20,21)/t7?,8-,11+/m0/s1. The minimum Gasteiger partial charge on any atom is -0.434 e. The van der Waals surface area contributed by atoms with Crippen LogP contribution >= 0.6 is 70.5 Å². The molecule has 0 aromatic carbocycles. The second-order valence-corrected chi connectivity index (χ2v) is 11.6. The molecular weight excluding hydrogens is 477 g/mol. The fourth-order valence-electron chi connectivity index (χ4n) is 2.07. The van der Waals surface area contributed by atoms with Gasteiger partial charge in [0.15, 0.2) is 0 Å². The molecule has 1 aliphatic rings. The lowest BCUT2D eigenvalue weighted by Crippen LogP contribution is -2.56. The summed E-state index contributed by atoms with van der Waals surface area (Å²) in [5.41, 5.74) is 0. The van der Waals surface area contributed by atoms with E-state index in [2.05, 4.69) is 20.0 Å². The van der Waals surface area contributed by atoms with Gasteiger partial charge >= 0.3 is 6.16 Å². The topological polar surface area (TPSA) is 93.3 Å². The minimum absolute atomic E-state index is 0.0105. The molecule has 1 fully saturated rings. The number of ether oxygens (including phenoxy) is 2. The SMILES string of the molecule is CC(SC(=S)S[C@H]1NC(=O)[C@@H]1CCOC(=O)OCC(Cl)(Cl)Cl)c1ncc[nH]1. The first-order chi connectivity index (χ1) is 12.7. The summed E-state index contributed by atoms with van der Waals surface area (Å²) in [6, 6.07) is 0. The van der Waals surface area contributed by atoms with Crippen LogP contribution < -0.4 is 5.32 Å². The van der Waals surface area contributed by atoms with E-state index in [1.165, 1.54) is 23.5 Å². The second kappa shape index (κ2) is 10.4. The number of aromatic amines is 1. The van der Waals surface area contributed by atoms with Gasteiger partial charge < -0.3 is 19.8 Å². The Balaban J connectivity index is 1.69. The van der Waals surface area contributed by atoms with Crippen molar-refractivity contribution in [2.75, 3.05) is 13.2 Å². The van der Waals surface area contributed by atoms with Crippen LogP contribution in [0.15, 0.2) is 12.4 Å². The van der Waals surface area contributed by atoms with E-state index in [0.29, 0.717) is 9.95 Å². The Morgan fingerprint density at radius 2 is 2.19 bits per heavy atom. The number of hydrogen-bond donors (Lipinski definition) is 2. The van der Waals surface area contributed by atoms with Crippen LogP contribution in [0.3, 0.4) is 0 Å². The molecule has 2 heterocycles. The molecule has 150 valence electrons. The number of nitrogens with one attached hydrogen (secondary N) is 2. The molecule has 0 bridgehead atoms. The number of alkyl halides is 3. The van der Waals surface area contributed by atoms with Crippen molar-refractivity contribution in [3.63, 3.8) is 0 Å². The molecule has 0 radical (unpaired) electrons. The van der Waals surface area contributed by atoms with Gasteiger partial charge in [-0.05, 0) is 13.3 Å². The van der Waals surface area contributed by atoms with Crippen molar-refractivity contribution in [3.05, 3.63) is 18.2 Å². The van der Waals surface area contributed by atoms with Gasteiger partial charge in [-0.15, -0.1) is 0 Å². The predicted molar refractivity (Wildman–Crippen MR) is 112 cm³/mol. The van der Waals surface area contributed by atoms with Gasteiger partial charge in [0.25, 0.3) is 0 Å². The number of imidazole rings is 1. The first-order valence-electron chi connectivity index (χ1n) is 7.69. The molecule has 0 aliphatic carbocycles. The maximum Gasteiger partial charge on any atom is 0.508 e. The number of nitrogens with zero attached hydrogens (tertiary/aromatic N) is 1. The van der Waals surface area contributed by atoms with Crippen LogP contribution in [0, 0.1) is 5.92 Å². The van der Waals surface area contributed by atoms with E-state index >= 15 is 0 Å². The molecule has 1 amide bonds. The Morgan fingerprint density at radius 3 is 2.78 bits per heavy atom. The maximum absolute atomic E-state index is 11.8. The van der Waals surface area contributed by atoms with E-state index in [4.69, 9.17) is 51.8 Å². The molecule has 0 spiro atoms. The van der Waals surface area contributed by atoms with Crippen LogP contribution in [0.1, 0.15) is 24.4 Å². The van der Waals surface area contributed by atoms with Crippen LogP contribution in [0.2, 0.25) is 0 Å². The molecule has 0 saturated carbocycles. The number of amides is 1. The van der Waals surface area contributed by atoms with E-state index < -0.39 is 16.6 Å². The van der Waals surface area contributed by atoms with Crippen molar-refractivity contribution in [1.29, 1.82) is 0 Å². The third-order valence-corrected chi connectivity index (χ3v) is 6.53. The van der Waals surface area contributed by atoms with Crippen molar-refractivity contribution in [3.8, 4) is 0 Å². The lowest BCUT2D eigenvalue weighted by Gasteiger charge is -2.36. The first-order valence-corrected chi connectivity index (χ1v) is 11.0. The summed E-state index contributed by atoms with van der Waals surface area (Å²) in [5.74, 6) is 0.407. The lowest BCUT2D eigenvalue weighted by atomic mass is 9.98. The number of H-pyrrole nitrogens is 1. The van der Waals surface area contributed by atoms with Crippen LogP contribution in [-0.4, -0.2) is 47.9 Å². The number of thioether (sulfide) groups is 2. The van der Waals surface area contributed by atoms with Crippen molar-refractivity contribution in [2.24, 2.45) is 5.92 Å². The van der Waals surface area contributed by atoms with Crippen molar-refractivity contribution < 1.29 is 19.1 Å². The molecule has 1 unspecified atom stereocenters. The highest BCUT2D eigenvalue weighted by molar-refractivity contribution is 8.47. The number of halogens is 3. The summed E-state index contributed by atoms with van der Waals surface area (Å²) < 4.78 is 8.52. The van der Waals surface area contributed by atoms with Gasteiger partial charge in [0.05, 0.1) is 23.1 Å². The summed E-state index contributed by atoms with van der Waals surface area (Å²) in [4.78, 5) is 30.4. The number of β-lactam (4-membered cyclic amide) rings is 1. The van der Waals surface area contributed by atoms with Gasteiger partial charge in [-0.1, -0.05) is 70.5 Å². The van der Waals surface area contributed by atoms with E-state index in [1.807, 2.05) is 6.92 Å². The van der Waals surface area contributed by atoms with E-state index in [1.54, 1.807) is 12.4 Å². The lowest BCUT2D eigenvalue weighted by molar-refractivity contribution is -0.133. The molecule has 2 N–H and O–H groups in total. The van der Waals surface area contributed by atoms with Crippen molar-refractivity contribution >= 4 is 86.1 Å². The predicted octanol–water partition coefficient (Wildman–Crippen LogP) is 4.21. The van der Waals surface area contributed by atoms with Gasteiger partial charge in [0.2, 0.25) is 9.70 Å². The summed E-state index contributed by atoms with van der Waals surface area (Å²) in [5, 5.41) is 2.70. The summed E-state index contributed by atoms with van der Waals surface area (Å²) in [6.45, 7) is 1.58. The number of aromatic nitrogens is 2. The maximum atomic E-state index is 11.8. The smallest absolute Gasteiger partial charge is 0.434 e. The Labute approximate surface area is 184 Å². The Kier molecular flexibility index (Phi) is 8.82. The molecule has 2 rings (SSSR count). The average Bonchev–Trinajstić information content (AvgIpc) is 3.10. The van der Waals surface area contributed by atoms with Crippen LogP contribution in [0.4, 0.5) is 4.79 Å². The molecule has 1 aromatic rings. The van der Waals surface area contributed by atoms with Gasteiger partial charge in [0.1, 0.15) is 16.0 Å². The molecule has 1 aliphatic heterocycles. The largest absolute Gasteiger partial charge is 0.508 e. The van der Waals surface area contributed by atoms with Gasteiger partial charge in [-0.25, -0.2) is 9.78 Å². The fraction of sp³-hybridized carbons (Fsp3) is 0.571. The van der Waals surface area contributed by atoms with Gasteiger partial charge in [-0.2, -0.15) is 0 Å². The molecule has 1 aromatic heterocycles. The van der Waals surface area contributed by atoms with Crippen molar-refractivity contribution in [1.82, 2.24) is 15.3 Å². The van der Waals surface area contributed by atoms with E-state index in [9.17, 15) is 9.59 Å². The van der Waals surface area contributed by atoms with Crippen molar-refractivity contribution in [2.45, 2.75) is 27.8 Å². The van der Waals surface area contributed by atoms with Crippen LogP contribution in [0.5, 0.6) is 0 Å². The molecule has 7 nitrogen and oxygen atoms in total. The molecule has 3 atom stereocenters. The number of carbonyl (C=O) groups is 2. The normalized spacial score (nSPS) is 20.4. The van der Waals surface area contributed by atoms with Gasteiger partial charge in [-0.3, -0.25) is 4.79 Å². The number of carbonyl (C=O) groups excluding carboxylic acids is 2. The highest BCUT2D eigenvalue weighted by atomic mass is 35.6. The molecular formula is C14H16Cl3N3O4S3. The highest BCUT2D eigenvalue weighted by Crippen LogP contribution is 2.37. The fourth-order valence-corrected chi connectivity index (χ4v) is 5.28. The molecule has 1 saturated heterocycles. The second-order valence-electron chi connectivity index (χ2n) is 5.43. The van der Waals surface area contributed by atoms with E-state index in [-0.39, 0.29) is 29.1 Å². The Bertz CT molecular complexity index is 672. The Morgan fingerprint density at radius 1 is 1.44 bits per heavy atom. The zero-order valence-electron chi connectivity index (χ0n) is 13.9.